The summed E-state index contributed by atoms with van der Waals surface area (Å²) in [6.07, 6.45) is 7.02. The minimum absolute atomic E-state index is 0.739. The Bertz CT molecular complexity index is 927. The highest BCUT2D eigenvalue weighted by Gasteiger charge is 2.00. The average Bonchev–Trinajstić information content (AvgIpc) is 3.37. The first-order valence-corrected chi connectivity index (χ1v) is 8.57. The zero-order chi connectivity index (χ0) is 17.6. The van der Waals surface area contributed by atoms with Crippen molar-refractivity contribution in [1.82, 2.24) is 29.9 Å². The van der Waals surface area contributed by atoms with Gasteiger partial charge >= 0.3 is 0 Å². The predicted octanol–water partition coefficient (Wildman–Crippen LogP) is 2.80. The van der Waals surface area contributed by atoms with Gasteiger partial charge < -0.3 is 5.32 Å². The van der Waals surface area contributed by atoms with Crippen LogP contribution in [-0.4, -0.2) is 24.5 Å². The van der Waals surface area contributed by atoms with E-state index < -0.39 is 0 Å². The molecule has 0 aliphatic rings. The summed E-state index contributed by atoms with van der Waals surface area (Å²) < 4.78 is 3.69. The van der Waals surface area contributed by atoms with E-state index in [1.165, 1.54) is 16.7 Å². The summed E-state index contributed by atoms with van der Waals surface area (Å²) in [4.78, 5) is 3.98. The van der Waals surface area contributed by atoms with Crippen LogP contribution in [0, 0.1) is 0 Å². The monoisotopic (exact) mass is 344 g/mol. The van der Waals surface area contributed by atoms with E-state index in [0.717, 1.165) is 25.3 Å². The first-order valence-electron chi connectivity index (χ1n) is 8.57. The largest absolute Gasteiger partial charge is 0.309 e. The molecule has 6 heteroatoms. The third-order valence-corrected chi connectivity index (χ3v) is 4.17. The van der Waals surface area contributed by atoms with Crippen molar-refractivity contribution in [3.8, 4) is 5.69 Å². The van der Waals surface area contributed by atoms with Gasteiger partial charge in [-0.3, -0.25) is 0 Å². The zero-order valence-electron chi connectivity index (χ0n) is 14.4. The zero-order valence-corrected chi connectivity index (χ0v) is 14.4. The van der Waals surface area contributed by atoms with Crippen LogP contribution in [-0.2, 0) is 19.6 Å². The Morgan fingerprint density at radius 1 is 0.846 bits per heavy atom. The minimum atomic E-state index is 0.739. The molecule has 26 heavy (non-hydrogen) atoms. The van der Waals surface area contributed by atoms with Crippen LogP contribution in [0.5, 0.6) is 0 Å². The number of aromatic nitrogens is 5. The van der Waals surface area contributed by atoms with Crippen molar-refractivity contribution in [2.24, 2.45) is 0 Å². The second-order valence-electron chi connectivity index (χ2n) is 6.13. The van der Waals surface area contributed by atoms with Crippen LogP contribution in [0.2, 0.25) is 0 Å². The SMILES string of the molecule is c1cc(CNCc2ccc(-n3cccn3)cc2)cc(Cn2cncn2)c1. The summed E-state index contributed by atoms with van der Waals surface area (Å²) in [7, 11) is 0. The lowest BCUT2D eigenvalue weighted by Gasteiger charge is -2.08. The van der Waals surface area contributed by atoms with Gasteiger partial charge in [-0.1, -0.05) is 36.4 Å². The lowest BCUT2D eigenvalue weighted by molar-refractivity contribution is 0.676. The molecule has 0 spiro atoms. The van der Waals surface area contributed by atoms with Crippen LogP contribution < -0.4 is 5.32 Å². The molecule has 2 aromatic heterocycles. The maximum atomic E-state index is 4.24. The Balaban J connectivity index is 1.32. The van der Waals surface area contributed by atoms with Gasteiger partial charge in [0.2, 0.25) is 0 Å². The molecular weight excluding hydrogens is 324 g/mol. The Kier molecular flexibility index (Phi) is 4.84. The third-order valence-electron chi connectivity index (χ3n) is 4.17. The molecule has 2 aromatic carbocycles. The van der Waals surface area contributed by atoms with Gasteiger partial charge in [0.1, 0.15) is 12.7 Å². The molecule has 0 unspecified atom stereocenters. The Labute approximate surface area is 152 Å². The summed E-state index contributed by atoms with van der Waals surface area (Å²) in [5, 5.41) is 11.9. The summed E-state index contributed by atoms with van der Waals surface area (Å²) in [5.41, 5.74) is 4.80. The van der Waals surface area contributed by atoms with Gasteiger partial charge in [0.25, 0.3) is 0 Å². The second kappa shape index (κ2) is 7.76. The first kappa shape index (κ1) is 16.2. The topological polar surface area (TPSA) is 60.6 Å². The molecule has 0 aliphatic heterocycles. The third kappa shape index (κ3) is 4.04. The van der Waals surface area contributed by atoms with E-state index >= 15 is 0 Å². The molecule has 0 atom stereocenters. The predicted molar refractivity (Wildman–Crippen MR) is 99.7 cm³/mol. The number of hydrogen-bond donors (Lipinski definition) is 1. The van der Waals surface area contributed by atoms with Crippen LogP contribution in [0.3, 0.4) is 0 Å². The molecule has 0 fully saturated rings. The van der Waals surface area contributed by atoms with Crippen molar-refractivity contribution < 1.29 is 0 Å². The van der Waals surface area contributed by atoms with Gasteiger partial charge in [-0.25, -0.2) is 14.3 Å². The molecule has 4 aromatic rings. The standard InChI is InChI=1S/C20H20N6/c1-3-18(11-19(4-1)14-25-16-22-15-24-25)13-21-12-17-5-7-20(8-6-17)26-10-2-9-23-26/h1-11,15-16,21H,12-14H2. The molecule has 0 saturated heterocycles. The van der Waals surface area contributed by atoms with Crippen LogP contribution in [0.4, 0.5) is 0 Å². The Hall–Kier alpha value is -3.25. The molecular formula is C20H20N6. The summed E-state index contributed by atoms with van der Waals surface area (Å²) >= 11 is 0. The first-order chi connectivity index (χ1) is 12.9. The van der Waals surface area contributed by atoms with Crippen LogP contribution in [0.15, 0.2) is 79.6 Å². The summed E-state index contributed by atoms with van der Waals surface area (Å²) in [6.45, 7) is 2.39. The van der Waals surface area contributed by atoms with Gasteiger partial charge in [0.15, 0.2) is 0 Å². The Morgan fingerprint density at radius 3 is 2.46 bits per heavy atom. The maximum absolute atomic E-state index is 4.24. The van der Waals surface area contributed by atoms with E-state index in [1.807, 2.05) is 21.6 Å². The second-order valence-corrected chi connectivity index (χ2v) is 6.13. The van der Waals surface area contributed by atoms with E-state index in [1.54, 1.807) is 18.9 Å². The smallest absolute Gasteiger partial charge is 0.137 e. The molecule has 1 N–H and O–H groups in total. The van der Waals surface area contributed by atoms with Crippen molar-refractivity contribution in [3.05, 3.63) is 96.3 Å². The molecule has 0 saturated carbocycles. The number of nitrogens with zero attached hydrogens (tertiary/aromatic N) is 5. The van der Waals surface area contributed by atoms with E-state index in [2.05, 4.69) is 69.0 Å². The van der Waals surface area contributed by atoms with Crippen LogP contribution >= 0.6 is 0 Å². The van der Waals surface area contributed by atoms with Crippen molar-refractivity contribution >= 4 is 0 Å². The molecule has 0 aliphatic carbocycles. The Morgan fingerprint density at radius 2 is 1.69 bits per heavy atom. The van der Waals surface area contributed by atoms with Crippen LogP contribution in [0.1, 0.15) is 16.7 Å². The molecule has 2 heterocycles. The molecule has 0 radical (unpaired) electrons. The molecule has 0 amide bonds. The summed E-state index contributed by atoms with van der Waals surface area (Å²) in [5.74, 6) is 0. The lowest BCUT2D eigenvalue weighted by Crippen LogP contribution is -2.13. The average molecular weight is 344 g/mol. The highest BCUT2D eigenvalue weighted by atomic mass is 15.3. The number of nitrogens with one attached hydrogen (secondary N) is 1. The van der Waals surface area contributed by atoms with Gasteiger partial charge in [-0.2, -0.15) is 10.2 Å². The number of benzene rings is 2. The van der Waals surface area contributed by atoms with Crippen molar-refractivity contribution in [3.63, 3.8) is 0 Å². The van der Waals surface area contributed by atoms with E-state index in [9.17, 15) is 0 Å². The fraction of sp³-hybridized carbons (Fsp3) is 0.150. The van der Waals surface area contributed by atoms with Crippen molar-refractivity contribution in [2.75, 3.05) is 0 Å². The number of hydrogen-bond acceptors (Lipinski definition) is 4. The van der Waals surface area contributed by atoms with E-state index in [0.29, 0.717) is 0 Å². The van der Waals surface area contributed by atoms with Crippen molar-refractivity contribution in [1.29, 1.82) is 0 Å². The van der Waals surface area contributed by atoms with E-state index in [4.69, 9.17) is 0 Å². The van der Waals surface area contributed by atoms with E-state index in [-0.39, 0.29) is 0 Å². The van der Waals surface area contributed by atoms with Gasteiger partial charge in [-0.05, 0) is 34.9 Å². The highest BCUT2D eigenvalue weighted by molar-refractivity contribution is 5.33. The lowest BCUT2D eigenvalue weighted by atomic mass is 10.1. The van der Waals surface area contributed by atoms with Gasteiger partial charge in [-0.15, -0.1) is 0 Å². The van der Waals surface area contributed by atoms with Crippen molar-refractivity contribution in [2.45, 2.75) is 19.6 Å². The maximum Gasteiger partial charge on any atom is 0.137 e. The quantitative estimate of drug-likeness (QED) is 0.560. The minimum Gasteiger partial charge on any atom is -0.309 e. The van der Waals surface area contributed by atoms with Gasteiger partial charge in [0, 0.05) is 25.5 Å². The van der Waals surface area contributed by atoms with Gasteiger partial charge in [0.05, 0.1) is 12.2 Å². The summed E-state index contributed by atoms with van der Waals surface area (Å²) in [6, 6.07) is 18.9. The fourth-order valence-electron chi connectivity index (χ4n) is 2.88. The molecule has 130 valence electrons. The van der Waals surface area contributed by atoms with Crippen LogP contribution in [0.25, 0.3) is 5.69 Å². The molecule has 0 bridgehead atoms. The highest BCUT2D eigenvalue weighted by Crippen LogP contribution is 2.10. The molecule has 6 nitrogen and oxygen atoms in total. The normalized spacial score (nSPS) is 10.9. The molecule has 4 rings (SSSR count). The number of rotatable bonds is 7. The fourth-order valence-corrected chi connectivity index (χ4v) is 2.88.